The third-order valence-electron chi connectivity index (χ3n) is 2.75. The Morgan fingerprint density at radius 3 is 2.59 bits per heavy atom. The fourth-order valence-electron chi connectivity index (χ4n) is 1.83. The van der Waals surface area contributed by atoms with Gasteiger partial charge in [0.1, 0.15) is 0 Å². The Morgan fingerprint density at radius 2 is 2.00 bits per heavy atom. The average Bonchev–Trinajstić information content (AvgIpc) is 2.84. The van der Waals surface area contributed by atoms with E-state index in [1.165, 1.54) is 5.56 Å². The molecule has 1 unspecified atom stereocenters. The molecular weight excluding hydrogens is 252 g/mol. The van der Waals surface area contributed by atoms with Crippen molar-refractivity contribution in [3.8, 4) is 0 Å². The maximum Gasteiger partial charge on any atom is 0.0794 e. The van der Waals surface area contributed by atoms with Crippen LogP contribution in [0.5, 0.6) is 0 Å². The first-order valence-electron chi connectivity index (χ1n) is 5.59. The molecule has 2 aromatic rings. The molecule has 0 spiro atoms. The summed E-state index contributed by atoms with van der Waals surface area (Å²) < 4.78 is 0. The number of hydrogen-bond acceptors (Lipinski definition) is 3. The largest absolute Gasteiger partial charge is 0.330 e. The van der Waals surface area contributed by atoms with Crippen molar-refractivity contribution in [1.29, 1.82) is 0 Å². The summed E-state index contributed by atoms with van der Waals surface area (Å²) in [5, 5.41) is 2.86. The summed E-state index contributed by atoms with van der Waals surface area (Å²) in [6.07, 6.45) is 1.92. The summed E-state index contributed by atoms with van der Waals surface area (Å²) in [7, 11) is 0. The summed E-state index contributed by atoms with van der Waals surface area (Å²) >= 11 is 7.49. The molecule has 17 heavy (non-hydrogen) atoms. The minimum absolute atomic E-state index is 0.443. The van der Waals surface area contributed by atoms with Gasteiger partial charge >= 0.3 is 0 Å². The van der Waals surface area contributed by atoms with E-state index in [1.807, 2.05) is 17.6 Å². The van der Waals surface area contributed by atoms with Gasteiger partial charge in [-0.3, -0.25) is 0 Å². The summed E-state index contributed by atoms with van der Waals surface area (Å²) in [5.41, 5.74) is 10.1. The van der Waals surface area contributed by atoms with E-state index in [4.69, 9.17) is 17.3 Å². The molecule has 2 N–H and O–H groups in total. The van der Waals surface area contributed by atoms with Crippen LogP contribution < -0.4 is 5.73 Å². The number of hydrogen-bond donors (Lipinski definition) is 1. The van der Waals surface area contributed by atoms with E-state index in [1.54, 1.807) is 11.3 Å². The van der Waals surface area contributed by atoms with E-state index in [-0.39, 0.29) is 0 Å². The molecule has 0 saturated heterocycles. The molecule has 0 bridgehead atoms. The Kier molecular flexibility index (Phi) is 4.54. The van der Waals surface area contributed by atoms with Gasteiger partial charge in [-0.05, 0) is 43.0 Å². The minimum atomic E-state index is 0.443. The van der Waals surface area contributed by atoms with Crippen molar-refractivity contribution < 1.29 is 0 Å². The molecule has 0 aliphatic rings. The van der Waals surface area contributed by atoms with Crippen LogP contribution in [-0.2, 0) is 12.8 Å². The summed E-state index contributed by atoms with van der Waals surface area (Å²) in [4.78, 5) is 4.30. The normalized spacial score (nSPS) is 12.6. The zero-order valence-electron chi connectivity index (χ0n) is 9.47. The Hall–Kier alpha value is -0.900. The molecule has 1 atom stereocenters. The smallest absolute Gasteiger partial charge is 0.0794 e. The van der Waals surface area contributed by atoms with Crippen molar-refractivity contribution in [3.05, 3.63) is 51.4 Å². The highest BCUT2D eigenvalue weighted by molar-refractivity contribution is 7.07. The maximum absolute atomic E-state index is 5.86. The van der Waals surface area contributed by atoms with Gasteiger partial charge in [0.05, 0.1) is 11.2 Å². The van der Waals surface area contributed by atoms with Crippen LogP contribution in [0, 0.1) is 5.92 Å². The third kappa shape index (κ3) is 3.80. The van der Waals surface area contributed by atoms with Gasteiger partial charge in [0.2, 0.25) is 0 Å². The van der Waals surface area contributed by atoms with Gasteiger partial charge in [0.25, 0.3) is 0 Å². The second kappa shape index (κ2) is 6.15. The molecule has 1 aromatic carbocycles. The highest BCUT2D eigenvalue weighted by Crippen LogP contribution is 2.16. The summed E-state index contributed by atoms with van der Waals surface area (Å²) in [6, 6.07) is 7.97. The fourth-order valence-corrected chi connectivity index (χ4v) is 2.52. The van der Waals surface area contributed by atoms with Crippen molar-refractivity contribution in [2.24, 2.45) is 11.7 Å². The molecule has 1 heterocycles. The van der Waals surface area contributed by atoms with Crippen LogP contribution in [-0.4, -0.2) is 11.5 Å². The lowest BCUT2D eigenvalue weighted by Gasteiger charge is -2.13. The van der Waals surface area contributed by atoms with E-state index in [9.17, 15) is 0 Å². The van der Waals surface area contributed by atoms with E-state index in [0.717, 1.165) is 23.6 Å². The van der Waals surface area contributed by atoms with Gasteiger partial charge < -0.3 is 5.73 Å². The number of rotatable bonds is 5. The third-order valence-corrected chi connectivity index (χ3v) is 3.64. The highest BCUT2D eigenvalue weighted by atomic mass is 35.5. The van der Waals surface area contributed by atoms with E-state index in [2.05, 4.69) is 22.5 Å². The first kappa shape index (κ1) is 12.6. The van der Waals surface area contributed by atoms with Crippen LogP contribution in [0.15, 0.2) is 35.2 Å². The van der Waals surface area contributed by atoms with Gasteiger partial charge in [-0.15, -0.1) is 11.3 Å². The molecule has 1 aromatic heterocycles. The molecule has 0 aliphatic heterocycles. The number of aromatic nitrogens is 1. The number of benzene rings is 1. The van der Waals surface area contributed by atoms with Crippen LogP contribution >= 0.6 is 22.9 Å². The van der Waals surface area contributed by atoms with Crippen molar-refractivity contribution in [2.75, 3.05) is 6.54 Å². The molecule has 4 heteroatoms. The molecule has 0 aliphatic carbocycles. The minimum Gasteiger partial charge on any atom is -0.330 e. The first-order valence-corrected chi connectivity index (χ1v) is 6.91. The Morgan fingerprint density at radius 1 is 1.24 bits per heavy atom. The molecule has 2 nitrogen and oxygen atoms in total. The Balaban J connectivity index is 1.97. The second-order valence-corrected chi connectivity index (χ2v) is 5.27. The van der Waals surface area contributed by atoms with Gasteiger partial charge in [-0.1, -0.05) is 23.7 Å². The fraction of sp³-hybridized carbons (Fsp3) is 0.308. The quantitative estimate of drug-likeness (QED) is 0.903. The zero-order valence-corrected chi connectivity index (χ0v) is 11.0. The molecule has 90 valence electrons. The lowest BCUT2D eigenvalue weighted by molar-refractivity contribution is 0.528. The molecule has 0 amide bonds. The van der Waals surface area contributed by atoms with Gasteiger partial charge in [0.15, 0.2) is 0 Å². The van der Waals surface area contributed by atoms with Gasteiger partial charge in [-0.2, -0.15) is 0 Å². The lowest BCUT2D eigenvalue weighted by Crippen LogP contribution is -2.19. The molecule has 0 saturated carbocycles. The maximum atomic E-state index is 5.86. The van der Waals surface area contributed by atoms with Crippen LogP contribution in [0.25, 0.3) is 0 Å². The van der Waals surface area contributed by atoms with Crippen LogP contribution in [0.4, 0.5) is 0 Å². The highest BCUT2D eigenvalue weighted by Gasteiger charge is 2.10. The summed E-state index contributed by atoms with van der Waals surface area (Å²) in [6.45, 7) is 0.681. The van der Waals surface area contributed by atoms with Gasteiger partial charge in [0, 0.05) is 10.4 Å². The average molecular weight is 267 g/mol. The first-order chi connectivity index (χ1) is 8.28. The molecule has 0 radical (unpaired) electrons. The van der Waals surface area contributed by atoms with Crippen LogP contribution in [0.1, 0.15) is 11.3 Å². The SMILES string of the molecule is NCC(Cc1ccc(Cl)cc1)Cc1cscn1. The monoisotopic (exact) mass is 266 g/mol. The van der Waals surface area contributed by atoms with E-state index >= 15 is 0 Å². The molecule has 2 rings (SSSR count). The van der Waals surface area contributed by atoms with Crippen molar-refractivity contribution in [3.63, 3.8) is 0 Å². The van der Waals surface area contributed by atoms with Crippen molar-refractivity contribution in [2.45, 2.75) is 12.8 Å². The zero-order chi connectivity index (χ0) is 12.1. The number of nitrogens with zero attached hydrogens (tertiary/aromatic N) is 1. The van der Waals surface area contributed by atoms with Crippen molar-refractivity contribution >= 4 is 22.9 Å². The van der Waals surface area contributed by atoms with E-state index < -0.39 is 0 Å². The Bertz CT molecular complexity index is 439. The van der Waals surface area contributed by atoms with Gasteiger partial charge in [-0.25, -0.2) is 4.98 Å². The second-order valence-electron chi connectivity index (χ2n) is 4.12. The number of thiazole rings is 1. The molecular formula is C13H15ClN2S. The van der Waals surface area contributed by atoms with Crippen LogP contribution in [0.3, 0.4) is 0 Å². The standard InChI is InChI=1S/C13H15ClN2S/c14-12-3-1-10(2-4-12)5-11(7-15)6-13-8-17-9-16-13/h1-4,8-9,11H,5-7,15H2. The van der Waals surface area contributed by atoms with E-state index in [0.29, 0.717) is 12.5 Å². The number of nitrogens with two attached hydrogens (primary N) is 1. The Labute approximate surface area is 110 Å². The summed E-state index contributed by atoms with van der Waals surface area (Å²) in [5.74, 6) is 0.443. The van der Waals surface area contributed by atoms with Crippen molar-refractivity contribution in [1.82, 2.24) is 4.98 Å². The van der Waals surface area contributed by atoms with Crippen LogP contribution in [0.2, 0.25) is 5.02 Å². The topological polar surface area (TPSA) is 38.9 Å². The predicted octanol–water partition coefficient (Wildman–Crippen LogP) is 3.16. The predicted molar refractivity (Wildman–Crippen MR) is 73.5 cm³/mol. The number of halogens is 1. The molecule has 0 fully saturated rings. The lowest BCUT2D eigenvalue weighted by atomic mass is 9.95.